The second-order valence-corrected chi connectivity index (χ2v) is 19.2. The number of allylic oxidation sites excluding steroid dienone is 18. The van der Waals surface area contributed by atoms with E-state index in [0.717, 1.165) is 122 Å². The summed E-state index contributed by atoms with van der Waals surface area (Å²) in [6.45, 7) is 4.66. The first kappa shape index (κ1) is 66.0. The van der Waals surface area contributed by atoms with Gasteiger partial charge in [0.25, 0.3) is 6.29 Å². The van der Waals surface area contributed by atoms with Crippen molar-refractivity contribution in [1.82, 2.24) is 0 Å². The van der Waals surface area contributed by atoms with Crippen molar-refractivity contribution in [2.75, 3.05) is 47.5 Å². The summed E-state index contributed by atoms with van der Waals surface area (Å²) >= 11 is 0. The minimum absolute atomic E-state index is 0.181. The lowest BCUT2D eigenvalue weighted by molar-refractivity contribution is -0.870. The molecule has 0 aliphatic carbocycles. The van der Waals surface area contributed by atoms with Crippen LogP contribution in [0, 0.1) is 0 Å². The second kappa shape index (κ2) is 51.3. The average Bonchev–Trinajstić information content (AvgIpc) is 3.33. The Morgan fingerprint density at radius 1 is 0.443 bits per heavy atom. The Kier molecular flexibility index (Phi) is 48.3. The van der Waals surface area contributed by atoms with Gasteiger partial charge in [0, 0.05) is 12.8 Å². The largest absolute Gasteiger partial charge is 0.477 e. The molecule has 9 heteroatoms. The lowest BCUT2D eigenvalue weighted by atomic mass is 10.0. The van der Waals surface area contributed by atoms with E-state index >= 15 is 0 Å². The first-order valence-corrected chi connectivity index (χ1v) is 27.6. The highest BCUT2D eigenvalue weighted by Gasteiger charge is 2.25. The van der Waals surface area contributed by atoms with E-state index in [-0.39, 0.29) is 38.6 Å². The summed E-state index contributed by atoms with van der Waals surface area (Å²) in [5.41, 5.74) is 0. The summed E-state index contributed by atoms with van der Waals surface area (Å²) in [6.07, 6.45) is 67.5. The Hall–Kier alpha value is -4.05. The molecule has 1 N–H and O–H groups in total. The van der Waals surface area contributed by atoms with Gasteiger partial charge in [-0.1, -0.05) is 200 Å². The molecule has 0 aromatic carbocycles. The van der Waals surface area contributed by atoms with Crippen molar-refractivity contribution in [3.05, 3.63) is 109 Å². The van der Waals surface area contributed by atoms with Gasteiger partial charge in [0.1, 0.15) is 13.2 Å². The summed E-state index contributed by atoms with van der Waals surface area (Å²) in [5.74, 6) is -2.04. The van der Waals surface area contributed by atoms with Crippen molar-refractivity contribution >= 4 is 17.9 Å². The number of ether oxygens (including phenoxy) is 4. The molecular formula is C61H102NO8+. The SMILES string of the molecule is CC/C=C\C/C=C\C/C=C\C/C=C\C/C=C\C/C=C\C/C=C\C/C=C\CCCCCCCCCCCCC(=O)OC(COC(=O)CCCCCCC/C=C\CCC)COC(OCC[N+](C)(C)C)C(=O)O. The fourth-order valence-electron chi connectivity index (χ4n) is 7.03. The molecule has 2 atom stereocenters. The van der Waals surface area contributed by atoms with E-state index in [1.54, 1.807) is 0 Å². The van der Waals surface area contributed by atoms with E-state index in [2.05, 4.69) is 123 Å². The number of hydrogen-bond acceptors (Lipinski definition) is 7. The van der Waals surface area contributed by atoms with Crippen molar-refractivity contribution in [3.63, 3.8) is 0 Å². The summed E-state index contributed by atoms with van der Waals surface area (Å²) in [6, 6.07) is 0. The third-order valence-corrected chi connectivity index (χ3v) is 11.2. The van der Waals surface area contributed by atoms with Gasteiger partial charge in [-0.3, -0.25) is 9.59 Å². The molecule has 9 nitrogen and oxygen atoms in total. The van der Waals surface area contributed by atoms with Crippen LogP contribution in [0.15, 0.2) is 109 Å². The highest BCUT2D eigenvalue weighted by atomic mass is 16.7. The first-order chi connectivity index (χ1) is 34.1. The zero-order valence-corrected chi connectivity index (χ0v) is 45.1. The van der Waals surface area contributed by atoms with Gasteiger partial charge in [-0.25, -0.2) is 4.79 Å². The maximum Gasteiger partial charge on any atom is 0.361 e. The maximum atomic E-state index is 12.8. The molecule has 0 saturated carbocycles. The average molecular weight is 977 g/mol. The molecular weight excluding hydrogens is 875 g/mol. The summed E-state index contributed by atoms with van der Waals surface area (Å²) < 4.78 is 22.7. The molecule has 0 aromatic rings. The highest BCUT2D eigenvalue weighted by Crippen LogP contribution is 2.14. The van der Waals surface area contributed by atoms with E-state index in [9.17, 15) is 19.5 Å². The molecule has 0 heterocycles. The van der Waals surface area contributed by atoms with E-state index in [4.69, 9.17) is 18.9 Å². The molecule has 2 unspecified atom stereocenters. The van der Waals surface area contributed by atoms with Crippen molar-refractivity contribution < 1.29 is 42.9 Å². The molecule has 0 aliphatic rings. The minimum Gasteiger partial charge on any atom is -0.477 e. The van der Waals surface area contributed by atoms with Crippen LogP contribution in [0.1, 0.15) is 200 Å². The quantitative estimate of drug-likeness (QED) is 0.0211. The Morgan fingerprint density at radius 3 is 1.23 bits per heavy atom. The third-order valence-electron chi connectivity index (χ3n) is 11.2. The highest BCUT2D eigenvalue weighted by molar-refractivity contribution is 5.71. The van der Waals surface area contributed by atoms with E-state index in [1.165, 1.54) is 44.9 Å². The molecule has 0 radical (unpaired) electrons. The molecule has 0 saturated heterocycles. The molecule has 0 rings (SSSR count). The number of esters is 2. The predicted molar refractivity (Wildman–Crippen MR) is 295 cm³/mol. The van der Waals surface area contributed by atoms with Crippen LogP contribution in [-0.2, 0) is 33.3 Å². The molecule has 0 spiro atoms. The Bertz CT molecular complexity index is 1510. The number of carbonyl (C=O) groups excluding carboxylic acids is 2. The molecule has 70 heavy (non-hydrogen) atoms. The van der Waals surface area contributed by atoms with E-state index < -0.39 is 24.3 Å². The number of rotatable bonds is 49. The van der Waals surface area contributed by atoms with Crippen LogP contribution in [-0.4, -0.2) is 87.4 Å². The van der Waals surface area contributed by atoms with Gasteiger partial charge >= 0.3 is 17.9 Å². The number of aliphatic carboxylic acids is 1. The van der Waals surface area contributed by atoms with Crippen LogP contribution in [0.3, 0.4) is 0 Å². The first-order valence-electron chi connectivity index (χ1n) is 27.6. The third kappa shape index (κ3) is 51.8. The van der Waals surface area contributed by atoms with E-state index in [0.29, 0.717) is 17.4 Å². The number of nitrogens with zero attached hydrogens (tertiary/aromatic N) is 1. The van der Waals surface area contributed by atoms with Gasteiger partial charge in [0.2, 0.25) is 0 Å². The van der Waals surface area contributed by atoms with E-state index in [1.807, 2.05) is 21.1 Å². The summed E-state index contributed by atoms with van der Waals surface area (Å²) in [7, 11) is 5.95. The number of carbonyl (C=O) groups is 3. The van der Waals surface area contributed by atoms with Gasteiger partial charge in [0.15, 0.2) is 6.10 Å². The van der Waals surface area contributed by atoms with Gasteiger partial charge in [-0.05, 0) is 96.3 Å². The molecule has 0 fully saturated rings. The van der Waals surface area contributed by atoms with Crippen LogP contribution in [0.5, 0.6) is 0 Å². The standard InChI is InChI=1S/C61H101NO8/c1-6-8-10-12-14-16-18-19-20-21-22-23-24-25-26-27-28-29-30-31-32-33-34-35-36-37-38-39-40-41-42-44-46-48-50-52-59(64)70-57(56-69-61(60(65)66)67-54-53-62(3,4)5)55-68-58(63)51-49-47-45-43-17-15-13-11-9-7-2/h8,10-11,13-14,16,19-20,22-23,25-26,28-29,31-32,34-35,57,61H,6-7,9,12,15,17-18,21,24,27,30,33,36-56H2,1-5H3/p+1/b10-8-,13-11-,16-14-,20-19-,23-22-,26-25-,29-28-,32-31-,35-34-. The van der Waals surface area contributed by atoms with Crippen LogP contribution in [0.2, 0.25) is 0 Å². The lowest BCUT2D eigenvalue weighted by Crippen LogP contribution is -2.40. The minimum atomic E-state index is -1.52. The summed E-state index contributed by atoms with van der Waals surface area (Å²) in [5, 5.41) is 9.66. The topological polar surface area (TPSA) is 108 Å². The molecule has 0 amide bonds. The Labute approximate surface area is 428 Å². The van der Waals surface area contributed by atoms with Crippen molar-refractivity contribution in [2.24, 2.45) is 0 Å². The number of quaternary nitrogens is 1. The van der Waals surface area contributed by atoms with Crippen molar-refractivity contribution in [1.29, 1.82) is 0 Å². The van der Waals surface area contributed by atoms with Crippen LogP contribution in [0.4, 0.5) is 0 Å². The number of likely N-dealkylation sites (N-methyl/N-ethyl adjacent to an activating group) is 1. The number of carboxylic acid groups (broad SMARTS) is 1. The maximum absolute atomic E-state index is 12.8. The Morgan fingerprint density at radius 2 is 0.814 bits per heavy atom. The smallest absolute Gasteiger partial charge is 0.361 e. The van der Waals surface area contributed by atoms with Crippen molar-refractivity contribution in [2.45, 2.75) is 212 Å². The van der Waals surface area contributed by atoms with Gasteiger partial charge < -0.3 is 28.5 Å². The molecule has 0 aromatic heterocycles. The normalized spacial score (nSPS) is 13.7. The van der Waals surface area contributed by atoms with Crippen LogP contribution >= 0.6 is 0 Å². The fraction of sp³-hybridized carbons (Fsp3) is 0.656. The molecule has 0 aliphatic heterocycles. The number of unbranched alkanes of at least 4 members (excludes halogenated alkanes) is 16. The Balaban J connectivity index is 4.15. The molecule has 0 bridgehead atoms. The second-order valence-electron chi connectivity index (χ2n) is 19.2. The van der Waals surface area contributed by atoms with Crippen LogP contribution < -0.4 is 0 Å². The predicted octanol–water partition coefficient (Wildman–Crippen LogP) is 15.9. The summed E-state index contributed by atoms with van der Waals surface area (Å²) in [4.78, 5) is 37.2. The van der Waals surface area contributed by atoms with Gasteiger partial charge in [0.05, 0.1) is 34.4 Å². The van der Waals surface area contributed by atoms with Gasteiger partial charge in [-0.2, -0.15) is 0 Å². The van der Waals surface area contributed by atoms with Crippen molar-refractivity contribution in [3.8, 4) is 0 Å². The fourth-order valence-corrected chi connectivity index (χ4v) is 7.03. The number of hydrogen-bond donors (Lipinski definition) is 1. The molecule has 398 valence electrons. The van der Waals surface area contributed by atoms with Gasteiger partial charge in [-0.15, -0.1) is 0 Å². The van der Waals surface area contributed by atoms with Crippen LogP contribution in [0.25, 0.3) is 0 Å². The zero-order chi connectivity index (χ0) is 51.3. The zero-order valence-electron chi connectivity index (χ0n) is 45.1. The number of carboxylic acids is 1. The monoisotopic (exact) mass is 977 g/mol. The lowest BCUT2D eigenvalue weighted by Gasteiger charge is -2.25.